The van der Waals surface area contributed by atoms with Crippen molar-refractivity contribution < 1.29 is 0 Å². The van der Waals surface area contributed by atoms with Crippen LogP contribution < -0.4 is 5.32 Å². The molecule has 1 aliphatic rings. The fourth-order valence-electron chi connectivity index (χ4n) is 2.65. The van der Waals surface area contributed by atoms with Crippen molar-refractivity contribution in [3.63, 3.8) is 0 Å². The normalized spacial score (nSPS) is 18.1. The number of hydrogen-bond donors (Lipinski definition) is 1. The largest absolute Gasteiger partial charge is 0.314 e. The summed E-state index contributed by atoms with van der Waals surface area (Å²) >= 11 is 11.4. The minimum absolute atomic E-state index is 0.298. The molecule has 1 N–H and O–H groups in total. The maximum Gasteiger partial charge on any atom is 0.0931 e. The second kappa shape index (κ2) is 6.58. The zero-order valence-corrected chi connectivity index (χ0v) is 14.1. The average molecular weight is 372 g/mol. The number of hydrogen-bond acceptors (Lipinski definition) is 3. The highest BCUT2D eigenvalue weighted by Crippen LogP contribution is 2.36. The van der Waals surface area contributed by atoms with E-state index < -0.39 is 0 Å². The Labute approximate surface area is 136 Å². The molecule has 2 aromatic rings. The fourth-order valence-corrected chi connectivity index (χ4v) is 4.29. The highest BCUT2D eigenvalue weighted by atomic mass is 79.9. The second-order valence-electron chi connectivity index (χ2n) is 4.89. The van der Waals surface area contributed by atoms with Crippen LogP contribution in [0.2, 0.25) is 4.34 Å². The first-order valence-corrected chi connectivity index (χ1v) is 8.68. The van der Waals surface area contributed by atoms with Crippen molar-refractivity contribution in [3.05, 3.63) is 55.6 Å². The van der Waals surface area contributed by atoms with E-state index in [1.807, 2.05) is 6.07 Å². The minimum atomic E-state index is 0.298. The number of piperazine rings is 1. The summed E-state index contributed by atoms with van der Waals surface area (Å²) in [7, 11) is 0. The molecule has 1 aromatic carbocycles. The van der Waals surface area contributed by atoms with Crippen LogP contribution in [0.15, 0.2) is 40.9 Å². The summed E-state index contributed by atoms with van der Waals surface area (Å²) in [6, 6.07) is 13.0. The van der Waals surface area contributed by atoms with Gasteiger partial charge in [0.05, 0.1) is 10.4 Å². The van der Waals surface area contributed by atoms with Gasteiger partial charge in [0.25, 0.3) is 0 Å². The zero-order chi connectivity index (χ0) is 13.9. The third kappa shape index (κ3) is 3.26. The topological polar surface area (TPSA) is 15.3 Å². The SMILES string of the molecule is Clc1ccc(C(c2cccc(Br)c2)N2CCNCC2)s1. The van der Waals surface area contributed by atoms with Gasteiger partial charge in [-0.3, -0.25) is 4.90 Å². The number of nitrogens with one attached hydrogen (secondary N) is 1. The number of rotatable bonds is 3. The highest BCUT2D eigenvalue weighted by molar-refractivity contribution is 9.10. The average Bonchev–Trinajstić information content (AvgIpc) is 2.87. The summed E-state index contributed by atoms with van der Waals surface area (Å²) < 4.78 is 1.98. The molecule has 1 aromatic heterocycles. The molecule has 0 radical (unpaired) electrons. The molecule has 1 fully saturated rings. The Kier molecular flexibility index (Phi) is 4.79. The molecule has 2 nitrogen and oxygen atoms in total. The fraction of sp³-hybridized carbons (Fsp3) is 0.333. The standard InChI is InChI=1S/C15H16BrClN2S/c16-12-3-1-2-11(10-12)15(13-4-5-14(17)20-13)19-8-6-18-7-9-19/h1-5,10,15,18H,6-9H2. The highest BCUT2D eigenvalue weighted by Gasteiger charge is 2.25. The molecule has 20 heavy (non-hydrogen) atoms. The Morgan fingerprint density at radius 3 is 2.65 bits per heavy atom. The lowest BCUT2D eigenvalue weighted by molar-refractivity contribution is 0.200. The van der Waals surface area contributed by atoms with E-state index in [1.165, 1.54) is 10.4 Å². The number of benzene rings is 1. The lowest BCUT2D eigenvalue weighted by atomic mass is 10.0. The molecule has 1 atom stereocenters. The number of nitrogens with zero attached hydrogens (tertiary/aromatic N) is 1. The first-order chi connectivity index (χ1) is 9.74. The van der Waals surface area contributed by atoms with Crippen molar-refractivity contribution in [1.82, 2.24) is 10.2 Å². The van der Waals surface area contributed by atoms with Crippen molar-refractivity contribution in [2.24, 2.45) is 0 Å². The Morgan fingerprint density at radius 1 is 1.20 bits per heavy atom. The molecule has 0 bridgehead atoms. The van der Waals surface area contributed by atoms with Gasteiger partial charge in [-0.25, -0.2) is 0 Å². The molecular formula is C15H16BrClN2S. The van der Waals surface area contributed by atoms with Gasteiger partial charge < -0.3 is 5.32 Å². The van der Waals surface area contributed by atoms with Crippen molar-refractivity contribution in [2.45, 2.75) is 6.04 Å². The molecule has 0 spiro atoms. The second-order valence-corrected chi connectivity index (χ2v) is 7.55. The summed E-state index contributed by atoms with van der Waals surface area (Å²) in [6.07, 6.45) is 0. The van der Waals surface area contributed by atoms with Gasteiger partial charge in [-0.1, -0.05) is 39.7 Å². The lowest BCUT2D eigenvalue weighted by Crippen LogP contribution is -2.45. The van der Waals surface area contributed by atoms with Crippen LogP contribution in [0.5, 0.6) is 0 Å². The molecule has 1 aliphatic heterocycles. The van der Waals surface area contributed by atoms with Crippen LogP contribution >= 0.6 is 38.9 Å². The Hall–Kier alpha value is -0.390. The molecule has 1 unspecified atom stereocenters. The van der Waals surface area contributed by atoms with E-state index >= 15 is 0 Å². The van der Waals surface area contributed by atoms with Crippen molar-refractivity contribution in [2.75, 3.05) is 26.2 Å². The number of thiophene rings is 1. The Morgan fingerprint density at radius 2 is 2.00 bits per heavy atom. The predicted molar refractivity (Wildman–Crippen MR) is 89.8 cm³/mol. The van der Waals surface area contributed by atoms with Crippen molar-refractivity contribution in [3.8, 4) is 0 Å². The van der Waals surface area contributed by atoms with Gasteiger partial charge in [0, 0.05) is 35.5 Å². The van der Waals surface area contributed by atoms with Crippen LogP contribution in [0.3, 0.4) is 0 Å². The maximum atomic E-state index is 6.14. The van der Waals surface area contributed by atoms with Crippen LogP contribution in [0.1, 0.15) is 16.5 Å². The quantitative estimate of drug-likeness (QED) is 0.871. The van der Waals surface area contributed by atoms with Crippen LogP contribution in [-0.2, 0) is 0 Å². The van der Waals surface area contributed by atoms with Gasteiger partial charge in [0.2, 0.25) is 0 Å². The van der Waals surface area contributed by atoms with Crippen LogP contribution in [0, 0.1) is 0 Å². The van der Waals surface area contributed by atoms with E-state index in [-0.39, 0.29) is 0 Å². The van der Waals surface area contributed by atoms with E-state index in [4.69, 9.17) is 11.6 Å². The van der Waals surface area contributed by atoms with Crippen LogP contribution in [-0.4, -0.2) is 31.1 Å². The minimum Gasteiger partial charge on any atom is -0.314 e. The van der Waals surface area contributed by atoms with E-state index in [0.717, 1.165) is 35.0 Å². The monoisotopic (exact) mass is 370 g/mol. The van der Waals surface area contributed by atoms with Gasteiger partial charge in [-0.05, 0) is 29.8 Å². The molecule has 2 heterocycles. The van der Waals surface area contributed by atoms with Crippen molar-refractivity contribution >= 4 is 38.9 Å². The molecular weight excluding hydrogens is 356 g/mol. The van der Waals surface area contributed by atoms with E-state index in [2.05, 4.69) is 56.5 Å². The summed E-state index contributed by atoms with van der Waals surface area (Å²) in [5.74, 6) is 0. The van der Waals surface area contributed by atoms with Gasteiger partial charge in [0.1, 0.15) is 0 Å². The third-order valence-corrected chi connectivity index (χ3v) is 5.32. The van der Waals surface area contributed by atoms with Crippen LogP contribution in [0.4, 0.5) is 0 Å². The molecule has 0 saturated carbocycles. The molecule has 3 rings (SSSR count). The maximum absolute atomic E-state index is 6.14. The summed E-state index contributed by atoms with van der Waals surface area (Å²) in [6.45, 7) is 4.21. The van der Waals surface area contributed by atoms with E-state index in [1.54, 1.807) is 11.3 Å². The van der Waals surface area contributed by atoms with E-state index in [9.17, 15) is 0 Å². The smallest absolute Gasteiger partial charge is 0.0931 e. The predicted octanol–water partition coefficient (Wildman–Crippen LogP) is 4.16. The van der Waals surface area contributed by atoms with Gasteiger partial charge in [-0.2, -0.15) is 0 Å². The van der Waals surface area contributed by atoms with Gasteiger partial charge in [-0.15, -0.1) is 11.3 Å². The molecule has 0 aliphatic carbocycles. The first kappa shape index (κ1) is 14.5. The Balaban J connectivity index is 1.98. The molecule has 1 saturated heterocycles. The molecule has 5 heteroatoms. The van der Waals surface area contributed by atoms with Crippen LogP contribution in [0.25, 0.3) is 0 Å². The lowest BCUT2D eigenvalue weighted by Gasteiger charge is -2.34. The molecule has 0 amide bonds. The third-order valence-electron chi connectivity index (χ3n) is 3.54. The Bertz CT molecular complexity index is 581. The van der Waals surface area contributed by atoms with E-state index in [0.29, 0.717) is 6.04 Å². The van der Waals surface area contributed by atoms with Gasteiger partial charge >= 0.3 is 0 Å². The summed E-state index contributed by atoms with van der Waals surface area (Å²) in [5.41, 5.74) is 1.32. The molecule has 106 valence electrons. The zero-order valence-electron chi connectivity index (χ0n) is 11.0. The first-order valence-electron chi connectivity index (χ1n) is 6.69. The van der Waals surface area contributed by atoms with Crippen molar-refractivity contribution in [1.29, 1.82) is 0 Å². The number of halogens is 2. The van der Waals surface area contributed by atoms with Gasteiger partial charge in [0.15, 0.2) is 0 Å². The summed E-state index contributed by atoms with van der Waals surface area (Å²) in [4.78, 5) is 3.84. The summed E-state index contributed by atoms with van der Waals surface area (Å²) in [5, 5.41) is 3.42.